The Kier molecular flexibility index (Phi) is 4.50. The Bertz CT molecular complexity index is 639. The Morgan fingerprint density at radius 2 is 2.45 bits per heavy atom. The van der Waals surface area contributed by atoms with E-state index in [1.165, 1.54) is 11.3 Å². The van der Waals surface area contributed by atoms with Gasteiger partial charge in [-0.2, -0.15) is 10.4 Å². The SMILES string of the molecule is CN(CC(=O)Nc1sccc1C#N)Cc1cnn(C)c1. The first-order valence-corrected chi connectivity index (χ1v) is 6.90. The van der Waals surface area contributed by atoms with Gasteiger partial charge in [-0.3, -0.25) is 14.4 Å². The molecule has 0 spiro atoms. The van der Waals surface area contributed by atoms with Crippen LogP contribution >= 0.6 is 11.3 Å². The molecule has 0 aromatic carbocycles. The molecular formula is C13H15N5OS. The lowest BCUT2D eigenvalue weighted by Gasteiger charge is -2.14. The minimum absolute atomic E-state index is 0.129. The van der Waals surface area contributed by atoms with Crippen LogP contribution in [-0.2, 0) is 18.4 Å². The smallest absolute Gasteiger partial charge is 0.239 e. The van der Waals surface area contributed by atoms with E-state index in [0.29, 0.717) is 17.1 Å². The molecule has 7 heteroatoms. The summed E-state index contributed by atoms with van der Waals surface area (Å²) in [6.07, 6.45) is 3.70. The highest BCUT2D eigenvalue weighted by Gasteiger charge is 2.11. The Morgan fingerprint density at radius 3 is 3.10 bits per heavy atom. The Morgan fingerprint density at radius 1 is 1.65 bits per heavy atom. The lowest BCUT2D eigenvalue weighted by molar-refractivity contribution is -0.117. The number of thiophene rings is 1. The predicted octanol–water partition coefficient (Wildman–Crippen LogP) is 1.42. The predicted molar refractivity (Wildman–Crippen MR) is 77.2 cm³/mol. The van der Waals surface area contributed by atoms with Gasteiger partial charge < -0.3 is 5.32 Å². The van der Waals surface area contributed by atoms with Crippen LogP contribution in [0.4, 0.5) is 5.00 Å². The van der Waals surface area contributed by atoms with E-state index >= 15 is 0 Å². The summed E-state index contributed by atoms with van der Waals surface area (Å²) in [6, 6.07) is 3.74. The quantitative estimate of drug-likeness (QED) is 0.903. The second-order valence-electron chi connectivity index (χ2n) is 4.52. The van der Waals surface area contributed by atoms with Gasteiger partial charge in [-0.15, -0.1) is 11.3 Å². The van der Waals surface area contributed by atoms with E-state index in [9.17, 15) is 4.79 Å². The molecular weight excluding hydrogens is 274 g/mol. The number of amides is 1. The molecule has 0 fully saturated rings. The molecule has 0 aliphatic carbocycles. The van der Waals surface area contributed by atoms with Crippen molar-refractivity contribution < 1.29 is 4.79 Å². The number of hydrogen-bond acceptors (Lipinski definition) is 5. The molecule has 1 amide bonds. The number of aromatic nitrogens is 2. The Balaban J connectivity index is 1.87. The third-order valence-electron chi connectivity index (χ3n) is 2.66. The van der Waals surface area contributed by atoms with Crippen LogP contribution in [0.5, 0.6) is 0 Å². The molecule has 2 aromatic rings. The van der Waals surface area contributed by atoms with Gasteiger partial charge in [0, 0.05) is 25.4 Å². The number of nitrogens with zero attached hydrogens (tertiary/aromatic N) is 4. The molecule has 2 rings (SSSR count). The van der Waals surface area contributed by atoms with Gasteiger partial charge in [0.1, 0.15) is 11.1 Å². The number of rotatable bonds is 5. The first-order valence-electron chi connectivity index (χ1n) is 6.02. The van der Waals surface area contributed by atoms with E-state index in [2.05, 4.69) is 10.4 Å². The summed E-state index contributed by atoms with van der Waals surface area (Å²) < 4.78 is 1.73. The fourth-order valence-electron chi connectivity index (χ4n) is 1.83. The number of carbonyl (C=O) groups is 1. The van der Waals surface area contributed by atoms with E-state index in [0.717, 1.165) is 5.56 Å². The first kappa shape index (κ1) is 14.2. The lowest BCUT2D eigenvalue weighted by atomic mass is 10.3. The number of likely N-dealkylation sites (N-methyl/N-ethyl adjacent to an activating group) is 1. The van der Waals surface area contributed by atoms with Crippen molar-refractivity contribution in [3.05, 3.63) is 35.0 Å². The van der Waals surface area contributed by atoms with Crippen molar-refractivity contribution in [2.45, 2.75) is 6.54 Å². The summed E-state index contributed by atoms with van der Waals surface area (Å²) in [6.45, 7) is 0.911. The van der Waals surface area contributed by atoms with Crippen LogP contribution in [0.3, 0.4) is 0 Å². The van der Waals surface area contributed by atoms with Crippen molar-refractivity contribution in [2.24, 2.45) is 7.05 Å². The minimum atomic E-state index is -0.129. The molecule has 6 nitrogen and oxygen atoms in total. The van der Waals surface area contributed by atoms with Crippen LogP contribution in [0.2, 0.25) is 0 Å². The van der Waals surface area contributed by atoms with Gasteiger partial charge in [0.2, 0.25) is 5.91 Å². The second-order valence-corrected chi connectivity index (χ2v) is 5.43. The zero-order valence-electron chi connectivity index (χ0n) is 11.3. The van der Waals surface area contributed by atoms with Crippen molar-refractivity contribution >= 4 is 22.2 Å². The van der Waals surface area contributed by atoms with Gasteiger partial charge in [0.05, 0.1) is 18.3 Å². The van der Waals surface area contributed by atoms with Crippen LogP contribution in [0.25, 0.3) is 0 Å². The van der Waals surface area contributed by atoms with E-state index in [1.807, 2.05) is 31.3 Å². The van der Waals surface area contributed by atoms with Crippen LogP contribution in [0, 0.1) is 11.3 Å². The summed E-state index contributed by atoms with van der Waals surface area (Å²) in [7, 11) is 3.72. The van der Waals surface area contributed by atoms with Gasteiger partial charge in [-0.25, -0.2) is 0 Å². The van der Waals surface area contributed by atoms with Crippen molar-refractivity contribution in [1.29, 1.82) is 5.26 Å². The fourth-order valence-corrected chi connectivity index (χ4v) is 2.58. The molecule has 0 unspecified atom stereocenters. The van der Waals surface area contributed by atoms with E-state index in [-0.39, 0.29) is 12.5 Å². The third kappa shape index (κ3) is 3.66. The highest BCUT2D eigenvalue weighted by atomic mass is 32.1. The number of hydrogen-bond donors (Lipinski definition) is 1. The van der Waals surface area contributed by atoms with E-state index in [1.54, 1.807) is 22.3 Å². The second kappa shape index (κ2) is 6.32. The zero-order chi connectivity index (χ0) is 14.5. The maximum Gasteiger partial charge on any atom is 0.239 e. The largest absolute Gasteiger partial charge is 0.315 e. The molecule has 20 heavy (non-hydrogen) atoms. The van der Waals surface area contributed by atoms with Gasteiger partial charge in [-0.1, -0.05) is 0 Å². The highest BCUT2D eigenvalue weighted by molar-refractivity contribution is 7.14. The van der Waals surface area contributed by atoms with Crippen LogP contribution in [-0.4, -0.2) is 34.2 Å². The molecule has 104 valence electrons. The standard InChI is InChI=1S/C13H15N5OS/c1-17(7-10-6-15-18(2)8-10)9-12(19)16-13-11(5-14)3-4-20-13/h3-4,6,8H,7,9H2,1-2H3,(H,16,19). The molecule has 0 saturated heterocycles. The third-order valence-corrected chi connectivity index (χ3v) is 3.49. The monoisotopic (exact) mass is 289 g/mol. The summed E-state index contributed by atoms with van der Waals surface area (Å²) in [5.41, 5.74) is 1.55. The van der Waals surface area contributed by atoms with Crippen molar-refractivity contribution in [1.82, 2.24) is 14.7 Å². The molecule has 0 saturated carbocycles. The topological polar surface area (TPSA) is 74.0 Å². The molecule has 0 bridgehead atoms. The summed E-state index contributed by atoms with van der Waals surface area (Å²) >= 11 is 1.35. The minimum Gasteiger partial charge on any atom is -0.315 e. The van der Waals surface area contributed by atoms with E-state index < -0.39 is 0 Å². The van der Waals surface area contributed by atoms with Gasteiger partial charge >= 0.3 is 0 Å². The summed E-state index contributed by atoms with van der Waals surface area (Å²) in [4.78, 5) is 13.8. The number of aryl methyl sites for hydroxylation is 1. The summed E-state index contributed by atoms with van der Waals surface area (Å²) in [5, 5.41) is 18.1. The van der Waals surface area contributed by atoms with Crippen LogP contribution in [0.1, 0.15) is 11.1 Å². The first-order chi connectivity index (χ1) is 9.58. The number of carbonyl (C=O) groups excluding carboxylic acids is 1. The maximum atomic E-state index is 11.9. The van der Waals surface area contributed by atoms with Crippen molar-refractivity contribution in [3.8, 4) is 6.07 Å². The molecule has 1 N–H and O–H groups in total. The zero-order valence-corrected chi connectivity index (χ0v) is 12.1. The number of anilines is 1. The van der Waals surface area contributed by atoms with Crippen LogP contribution in [0.15, 0.2) is 23.8 Å². The summed E-state index contributed by atoms with van der Waals surface area (Å²) in [5.74, 6) is -0.129. The van der Waals surface area contributed by atoms with Gasteiger partial charge in [0.15, 0.2) is 0 Å². The number of nitriles is 1. The van der Waals surface area contributed by atoms with Crippen molar-refractivity contribution in [2.75, 3.05) is 18.9 Å². The molecule has 2 heterocycles. The van der Waals surface area contributed by atoms with Gasteiger partial charge in [0.25, 0.3) is 0 Å². The average molecular weight is 289 g/mol. The average Bonchev–Trinajstić information content (AvgIpc) is 2.98. The fraction of sp³-hybridized carbons (Fsp3) is 0.308. The van der Waals surface area contributed by atoms with Crippen molar-refractivity contribution in [3.63, 3.8) is 0 Å². The number of nitrogens with one attached hydrogen (secondary N) is 1. The molecule has 0 atom stereocenters. The molecule has 0 aliphatic heterocycles. The molecule has 0 aliphatic rings. The lowest BCUT2D eigenvalue weighted by Crippen LogP contribution is -2.29. The Labute approximate surface area is 121 Å². The van der Waals surface area contributed by atoms with E-state index in [4.69, 9.17) is 5.26 Å². The molecule has 2 aromatic heterocycles. The van der Waals surface area contributed by atoms with Crippen LogP contribution < -0.4 is 5.32 Å². The van der Waals surface area contributed by atoms with Gasteiger partial charge in [-0.05, 0) is 18.5 Å². The Hall–Kier alpha value is -2.17. The normalized spacial score (nSPS) is 10.5. The molecule has 0 radical (unpaired) electrons. The maximum absolute atomic E-state index is 11.9. The highest BCUT2D eigenvalue weighted by Crippen LogP contribution is 2.21.